The fourth-order valence-corrected chi connectivity index (χ4v) is 1.60. The molecule has 1 heterocycles. The van der Waals surface area contributed by atoms with Gasteiger partial charge in [-0.25, -0.2) is 10.4 Å². The van der Waals surface area contributed by atoms with Crippen molar-refractivity contribution in [1.82, 2.24) is 10.7 Å². The molecule has 1 aliphatic heterocycles. The maximum Gasteiger partial charge on any atom is 0.212 e. The average Bonchev–Trinajstić information content (AvgIpc) is 2.74. The molecule has 0 atom stereocenters. The van der Waals surface area contributed by atoms with E-state index in [4.69, 9.17) is 0 Å². The summed E-state index contributed by atoms with van der Waals surface area (Å²) in [5.41, 5.74) is 3.88. The Morgan fingerprint density at radius 1 is 1.47 bits per heavy atom. The van der Waals surface area contributed by atoms with E-state index in [1.54, 1.807) is 6.21 Å². The first-order chi connectivity index (χ1) is 7.36. The number of nitrogens with one attached hydrogen (secondary N) is 2. The molecular formula is C10H11BrN4. The van der Waals surface area contributed by atoms with Crippen LogP contribution in [0.3, 0.4) is 0 Å². The van der Waals surface area contributed by atoms with Gasteiger partial charge >= 0.3 is 0 Å². The largest absolute Gasteiger partial charge is 0.353 e. The van der Waals surface area contributed by atoms with Gasteiger partial charge in [0.25, 0.3) is 0 Å². The third-order valence-electron chi connectivity index (χ3n) is 1.95. The lowest BCUT2D eigenvalue weighted by molar-refractivity contribution is 0.920. The molecule has 0 spiro atoms. The molecule has 0 radical (unpaired) electrons. The van der Waals surface area contributed by atoms with Crippen LogP contribution in [-0.4, -0.2) is 25.3 Å². The third-order valence-corrected chi connectivity index (χ3v) is 2.68. The number of nitrogens with zero attached hydrogens (tertiary/aromatic N) is 2. The van der Waals surface area contributed by atoms with Crippen LogP contribution in [0.1, 0.15) is 5.56 Å². The average molecular weight is 267 g/mol. The van der Waals surface area contributed by atoms with Crippen molar-refractivity contribution in [3.05, 3.63) is 34.3 Å². The summed E-state index contributed by atoms with van der Waals surface area (Å²) in [6.45, 7) is 1.69. The third kappa shape index (κ3) is 2.79. The van der Waals surface area contributed by atoms with Crippen LogP contribution in [0, 0.1) is 0 Å². The van der Waals surface area contributed by atoms with Gasteiger partial charge in [0.15, 0.2) is 0 Å². The second-order valence-electron chi connectivity index (χ2n) is 3.05. The summed E-state index contributed by atoms with van der Waals surface area (Å²) in [6, 6.07) is 7.90. The van der Waals surface area contributed by atoms with Gasteiger partial charge in [-0.2, -0.15) is 5.10 Å². The highest BCUT2D eigenvalue weighted by molar-refractivity contribution is 9.10. The normalized spacial score (nSPS) is 15.1. The Balaban J connectivity index is 1.96. The van der Waals surface area contributed by atoms with Gasteiger partial charge in [-0.3, -0.25) is 0 Å². The van der Waals surface area contributed by atoms with Crippen molar-refractivity contribution in [1.29, 1.82) is 0 Å². The molecule has 0 fully saturated rings. The van der Waals surface area contributed by atoms with Crippen molar-refractivity contribution < 1.29 is 0 Å². The zero-order valence-corrected chi connectivity index (χ0v) is 9.66. The molecular weight excluding hydrogens is 256 g/mol. The first kappa shape index (κ1) is 10.2. The lowest BCUT2D eigenvalue weighted by Crippen LogP contribution is -2.30. The van der Waals surface area contributed by atoms with Crippen molar-refractivity contribution in [3.8, 4) is 0 Å². The summed E-state index contributed by atoms with van der Waals surface area (Å²) >= 11 is 3.45. The zero-order chi connectivity index (χ0) is 10.5. The molecule has 2 rings (SSSR count). The van der Waals surface area contributed by atoms with Crippen LogP contribution < -0.4 is 10.7 Å². The Morgan fingerprint density at radius 3 is 3.07 bits per heavy atom. The molecule has 2 N–H and O–H groups in total. The van der Waals surface area contributed by atoms with Crippen LogP contribution in [0.2, 0.25) is 0 Å². The van der Waals surface area contributed by atoms with Crippen LogP contribution in [0.15, 0.2) is 38.8 Å². The van der Waals surface area contributed by atoms with Crippen LogP contribution in [0.4, 0.5) is 0 Å². The number of hydrazone groups is 1. The Kier molecular flexibility index (Phi) is 3.34. The minimum absolute atomic E-state index is 0.735. The van der Waals surface area contributed by atoms with E-state index in [1.807, 2.05) is 24.3 Å². The SMILES string of the molecule is Brc1ccccc1/C=N/NC1=NCCN1. The van der Waals surface area contributed by atoms with Gasteiger partial charge in [-0.05, 0) is 6.07 Å². The molecule has 0 aliphatic carbocycles. The van der Waals surface area contributed by atoms with E-state index in [0.717, 1.165) is 29.1 Å². The second kappa shape index (κ2) is 4.93. The van der Waals surface area contributed by atoms with Crippen molar-refractivity contribution in [2.75, 3.05) is 13.1 Å². The van der Waals surface area contributed by atoms with E-state index >= 15 is 0 Å². The van der Waals surface area contributed by atoms with Crippen LogP contribution >= 0.6 is 15.9 Å². The predicted molar refractivity (Wildman–Crippen MR) is 65.2 cm³/mol. The maximum absolute atomic E-state index is 4.16. The van der Waals surface area contributed by atoms with Crippen LogP contribution in [0.5, 0.6) is 0 Å². The molecule has 5 heteroatoms. The second-order valence-corrected chi connectivity index (χ2v) is 3.90. The molecule has 0 bridgehead atoms. The highest BCUT2D eigenvalue weighted by Gasteiger charge is 2.01. The van der Waals surface area contributed by atoms with E-state index in [1.165, 1.54) is 0 Å². The number of hydrogen-bond donors (Lipinski definition) is 2. The molecule has 0 amide bonds. The smallest absolute Gasteiger partial charge is 0.212 e. The minimum atomic E-state index is 0.735. The molecule has 0 saturated heterocycles. The van der Waals surface area contributed by atoms with Gasteiger partial charge < -0.3 is 5.32 Å². The Bertz CT molecular complexity index is 400. The van der Waals surface area contributed by atoms with E-state index in [-0.39, 0.29) is 0 Å². The van der Waals surface area contributed by atoms with E-state index < -0.39 is 0 Å². The van der Waals surface area contributed by atoms with Gasteiger partial charge in [0, 0.05) is 16.6 Å². The molecule has 0 unspecified atom stereocenters. The fraction of sp³-hybridized carbons (Fsp3) is 0.200. The van der Waals surface area contributed by atoms with Gasteiger partial charge in [-0.15, -0.1) is 0 Å². The highest BCUT2D eigenvalue weighted by atomic mass is 79.9. The van der Waals surface area contributed by atoms with Gasteiger partial charge in [-0.1, -0.05) is 34.1 Å². The van der Waals surface area contributed by atoms with Crippen molar-refractivity contribution in [3.63, 3.8) is 0 Å². The molecule has 1 aromatic carbocycles. The van der Waals surface area contributed by atoms with Gasteiger partial charge in [0.05, 0.1) is 12.8 Å². The van der Waals surface area contributed by atoms with Gasteiger partial charge in [0.1, 0.15) is 0 Å². The molecule has 0 saturated carbocycles. The summed E-state index contributed by atoms with van der Waals surface area (Å²) in [6.07, 6.45) is 1.76. The number of guanidine groups is 1. The quantitative estimate of drug-likeness (QED) is 0.627. The summed E-state index contributed by atoms with van der Waals surface area (Å²) in [5, 5.41) is 7.16. The number of halogens is 1. The Morgan fingerprint density at radius 2 is 2.33 bits per heavy atom. The first-order valence-electron chi connectivity index (χ1n) is 4.68. The standard InChI is InChI=1S/C10H11BrN4/c11-9-4-2-1-3-8(9)7-14-15-10-12-5-6-13-10/h1-4,7H,5-6H2,(H2,12,13,15)/b14-7+. The highest BCUT2D eigenvalue weighted by Crippen LogP contribution is 2.13. The van der Waals surface area contributed by atoms with Crippen LogP contribution in [-0.2, 0) is 0 Å². The lowest BCUT2D eigenvalue weighted by Gasteiger charge is -2.00. The summed E-state index contributed by atoms with van der Waals surface area (Å²) in [4.78, 5) is 4.16. The summed E-state index contributed by atoms with van der Waals surface area (Å²) < 4.78 is 1.02. The maximum atomic E-state index is 4.16. The number of aliphatic imine (C=N–C) groups is 1. The monoisotopic (exact) mass is 266 g/mol. The van der Waals surface area contributed by atoms with Crippen molar-refractivity contribution in [2.45, 2.75) is 0 Å². The van der Waals surface area contributed by atoms with Gasteiger partial charge in [0.2, 0.25) is 5.96 Å². The number of benzene rings is 1. The number of rotatable bonds is 2. The van der Waals surface area contributed by atoms with E-state index in [2.05, 4.69) is 36.8 Å². The summed E-state index contributed by atoms with van der Waals surface area (Å²) in [7, 11) is 0. The molecule has 1 aromatic rings. The summed E-state index contributed by atoms with van der Waals surface area (Å²) in [5.74, 6) is 0.735. The lowest BCUT2D eigenvalue weighted by atomic mass is 10.2. The van der Waals surface area contributed by atoms with Crippen molar-refractivity contribution in [2.24, 2.45) is 10.1 Å². The Labute approximate surface area is 96.6 Å². The van der Waals surface area contributed by atoms with E-state index in [0.29, 0.717) is 0 Å². The molecule has 0 aromatic heterocycles. The topological polar surface area (TPSA) is 48.8 Å². The molecule has 4 nitrogen and oxygen atoms in total. The minimum Gasteiger partial charge on any atom is -0.353 e. The Hall–Kier alpha value is -1.36. The predicted octanol–water partition coefficient (Wildman–Crippen LogP) is 1.33. The zero-order valence-electron chi connectivity index (χ0n) is 8.07. The molecule has 15 heavy (non-hydrogen) atoms. The first-order valence-corrected chi connectivity index (χ1v) is 5.47. The van der Waals surface area contributed by atoms with Crippen molar-refractivity contribution >= 4 is 28.1 Å². The number of hydrogen-bond acceptors (Lipinski definition) is 4. The van der Waals surface area contributed by atoms with Crippen LogP contribution in [0.25, 0.3) is 0 Å². The molecule has 78 valence electrons. The fourth-order valence-electron chi connectivity index (χ4n) is 1.22. The van der Waals surface area contributed by atoms with E-state index in [9.17, 15) is 0 Å². The molecule has 1 aliphatic rings.